The zero-order valence-electron chi connectivity index (χ0n) is 9.97. The third-order valence-corrected chi connectivity index (χ3v) is 2.54. The zero-order valence-corrected chi connectivity index (χ0v) is 10.8. The molecule has 5 heteroatoms. The highest BCUT2D eigenvalue weighted by molar-refractivity contribution is 7.80. The van der Waals surface area contributed by atoms with Gasteiger partial charge in [-0.1, -0.05) is 12.2 Å². The molecule has 1 heterocycles. The Morgan fingerprint density at radius 2 is 2.06 bits per heavy atom. The number of rotatable bonds is 5. The van der Waals surface area contributed by atoms with Crippen LogP contribution in [0.1, 0.15) is 5.56 Å². The SMILES string of the molecule is CN(C)CCN(C)c1cc(C(N)=S)ccn1. The van der Waals surface area contributed by atoms with Gasteiger partial charge in [0.05, 0.1) is 0 Å². The van der Waals surface area contributed by atoms with Gasteiger partial charge in [-0.2, -0.15) is 0 Å². The van der Waals surface area contributed by atoms with Crippen LogP contribution in [0, 0.1) is 0 Å². The van der Waals surface area contributed by atoms with Crippen molar-refractivity contribution in [3.8, 4) is 0 Å². The molecule has 0 fully saturated rings. The van der Waals surface area contributed by atoms with Crippen LogP contribution in [0.15, 0.2) is 18.3 Å². The largest absolute Gasteiger partial charge is 0.389 e. The first-order valence-corrected chi connectivity index (χ1v) is 5.53. The molecular formula is C11H18N4S. The Labute approximate surface area is 102 Å². The number of aromatic nitrogens is 1. The molecule has 1 rings (SSSR count). The summed E-state index contributed by atoms with van der Waals surface area (Å²) in [6, 6.07) is 3.74. The van der Waals surface area contributed by atoms with Gasteiger partial charge in [0.25, 0.3) is 0 Å². The van der Waals surface area contributed by atoms with Crippen molar-refractivity contribution in [2.24, 2.45) is 5.73 Å². The molecule has 0 unspecified atom stereocenters. The van der Waals surface area contributed by atoms with E-state index in [-0.39, 0.29) is 0 Å². The minimum atomic E-state index is 0.407. The van der Waals surface area contributed by atoms with Crippen molar-refractivity contribution in [3.63, 3.8) is 0 Å². The Bertz CT molecular complexity index is 365. The van der Waals surface area contributed by atoms with Crippen LogP contribution in [-0.4, -0.2) is 49.1 Å². The first kappa shape index (κ1) is 12.9. The van der Waals surface area contributed by atoms with Crippen molar-refractivity contribution in [3.05, 3.63) is 23.9 Å². The van der Waals surface area contributed by atoms with Crippen LogP contribution in [0.25, 0.3) is 0 Å². The van der Waals surface area contributed by atoms with Crippen LogP contribution in [-0.2, 0) is 0 Å². The van der Waals surface area contributed by atoms with Crippen LogP contribution < -0.4 is 10.6 Å². The van der Waals surface area contributed by atoms with Crippen molar-refractivity contribution in [2.45, 2.75) is 0 Å². The zero-order chi connectivity index (χ0) is 12.1. The van der Waals surface area contributed by atoms with Gasteiger partial charge in [0.2, 0.25) is 0 Å². The lowest BCUT2D eigenvalue weighted by Gasteiger charge is -2.20. The summed E-state index contributed by atoms with van der Waals surface area (Å²) in [7, 11) is 6.11. The lowest BCUT2D eigenvalue weighted by molar-refractivity contribution is 0.416. The van der Waals surface area contributed by atoms with E-state index < -0.39 is 0 Å². The molecule has 0 saturated carbocycles. The van der Waals surface area contributed by atoms with Gasteiger partial charge in [0, 0.05) is 31.9 Å². The van der Waals surface area contributed by atoms with Crippen molar-refractivity contribution in [2.75, 3.05) is 39.1 Å². The lowest BCUT2D eigenvalue weighted by Crippen LogP contribution is -2.29. The second-order valence-electron chi connectivity index (χ2n) is 3.99. The Kier molecular flexibility index (Phi) is 4.64. The molecule has 0 aliphatic rings. The van der Waals surface area contributed by atoms with Crippen molar-refractivity contribution >= 4 is 23.0 Å². The van der Waals surface area contributed by atoms with E-state index in [1.165, 1.54) is 0 Å². The number of anilines is 1. The summed E-state index contributed by atoms with van der Waals surface area (Å²) in [5, 5.41) is 0. The number of nitrogens with zero attached hydrogens (tertiary/aromatic N) is 3. The number of hydrogen-bond acceptors (Lipinski definition) is 4. The molecule has 1 aromatic heterocycles. The molecule has 2 N–H and O–H groups in total. The van der Waals surface area contributed by atoms with E-state index >= 15 is 0 Å². The maximum absolute atomic E-state index is 5.58. The van der Waals surface area contributed by atoms with Crippen LogP contribution in [0.5, 0.6) is 0 Å². The van der Waals surface area contributed by atoms with E-state index in [9.17, 15) is 0 Å². The van der Waals surface area contributed by atoms with Gasteiger partial charge in [-0.05, 0) is 26.2 Å². The van der Waals surface area contributed by atoms with Gasteiger partial charge in [0.15, 0.2) is 0 Å². The summed E-state index contributed by atoms with van der Waals surface area (Å²) >= 11 is 4.94. The predicted molar refractivity (Wildman–Crippen MR) is 71.9 cm³/mol. The number of hydrogen-bond donors (Lipinski definition) is 1. The Morgan fingerprint density at radius 1 is 1.38 bits per heavy atom. The summed E-state index contributed by atoms with van der Waals surface area (Å²) in [6.07, 6.45) is 1.73. The minimum absolute atomic E-state index is 0.407. The maximum atomic E-state index is 5.58. The van der Waals surface area contributed by atoms with Crippen molar-refractivity contribution in [1.82, 2.24) is 9.88 Å². The van der Waals surface area contributed by atoms with Gasteiger partial charge in [-0.25, -0.2) is 4.98 Å². The number of pyridine rings is 1. The number of nitrogens with two attached hydrogens (primary N) is 1. The summed E-state index contributed by atoms with van der Waals surface area (Å²) < 4.78 is 0. The summed E-state index contributed by atoms with van der Waals surface area (Å²) in [5.41, 5.74) is 6.44. The normalized spacial score (nSPS) is 10.5. The smallest absolute Gasteiger partial charge is 0.128 e. The predicted octanol–water partition coefficient (Wildman–Crippen LogP) is 0.714. The highest BCUT2D eigenvalue weighted by Crippen LogP contribution is 2.10. The van der Waals surface area contributed by atoms with Gasteiger partial charge >= 0.3 is 0 Å². The highest BCUT2D eigenvalue weighted by Gasteiger charge is 2.04. The van der Waals surface area contributed by atoms with E-state index in [4.69, 9.17) is 18.0 Å². The van der Waals surface area contributed by atoms with E-state index in [0.717, 1.165) is 24.5 Å². The second-order valence-corrected chi connectivity index (χ2v) is 4.43. The maximum Gasteiger partial charge on any atom is 0.128 e. The average molecular weight is 238 g/mol. The van der Waals surface area contributed by atoms with Gasteiger partial charge < -0.3 is 15.5 Å². The molecule has 0 bridgehead atoms. The minimum Gasteiger partial charge on any atom is -0.389 e. The first-order valence-electron chi connectivity index (χ1n) is 5.12. The summed E-state index contributed by atoms with van der Waals surface area (Å²) in [6.45, 7) is 1.90. The molecule has 0 spiro atoms. The third kappa shape index (κ3) is 3.75. The highest BCUT2D eigenvalue weighted by atomic mass is 32.1. The van der Waals surface area contributed by atoms with E-state index in [2.05, 4.69) is 14.8 Å². The van der Waals surface area contributed by atoms with E-state index in [1.54, 1.807) is 6.20 Å². The van der Waals surface area contributed by atoms with Crippen LogP contribution >= 0.6 is 12.2 Å². The fourth-order valence-electron chi connectivity index (χ4n) is 1.24. The monoisotopic (exact) mass is 238 g/mol. The van der Waals surface area contributed by atoms with Crippen molar-refractivity contribution < 1.29 is 0 Å². The van der Waals surface area contributed by atoms with Crippen LogP contribution in [0.2, 0.25) is 0 Å². The molecule has 0 aliphatic carbocycles. The average Bonchev–Trinajstić information content (AvgIpc) is 2.26. The van der Waals surface area contributed by atoms with E-state index in [1.807, 2.05) is 33.3 Å². The quantitative estimate of drug-likeness (QED) is 0.766. The summed E-state index contributed by atoms with van der Waals surface area (Å²) in [5.74, 6) is 0.896. The molecule has 0 aliphatic heterocycles. The number of thiocarbonyl (C=S) groups is 1. The van der Waals surface area contributed by atoms with Gasteiger partial charge in [-0.15, -0.1) is 0 Å². The molecule has 0 saturated heterocycles. The molecule has 1 aromatic rings. The molecule has 4 nitrogen and oxygen atoms in total. The molecule has 88 valence electrons. The third-order valence-electron chi connectivity index (χ3n) is 2.30. The van der Waals surface area contributed by atoms with Crippen LogP contribution in [0.4, 0.5) is 5.82 Å². The lowest BCUT2D eigenvalue weighted by atomic mass is 10.2. The molecule has 0 atom stereocenters. The van der Waals surface area contributed by atoms with Gasteiger partial charge in [-0.3, -0.25) is 0 Å². The van der Waals surface area contributed by atoms with Crippen LogP contribution in [0.3, 0.4) is 0 Å². The fourth-order valence-corrected chi connectivity index (χ4v) is 1.37. The van der Waals surface area contributed by atoms with Gasteiger partial charge in [0.1, 0.15) is 10.8 Å². The fraction of sp³-hybridized carbons (Fsp3) is 0.455. The molecule has 0 aromatic carbocycles. The summed E-state index contributed by atoms with van der Waals surface area (Å²) in [4.78, 5) is 8.92. The Hall–Kier alpha value is -1.20. The topological polar surface area (TPSA) is 45.4 Å². The molecule has 0 amide bonds. The Morgan fingerprint density at radius 3 is 2.62 bits per heavy atom. The molecular weight excluding hydrogens is 220 g/mol. The van der Waals surface area contributed by atoms with Crippen molar-refractivity contribution in [1.29, 1.82) is 0 Å². The molecule has 16 heavy (non-hydrogen) atoms. The first-order chi connectivity index (χ1) is 7.50. The molecule has 0 radical (unpaired) electrons. The Balaban J connectivity index is 2.71. The second kappa shape index (κ2) is 5.77. The standard InChI is InChI=1S/C11H18N4S/c1-14(2)6-7-15(3)10-8-9(11(12)16)4-5-13-10/h4-5,8H,6-7H2,1-3H3,(H2,12,16). The number of likely N-dealkylation sites (N-methyl/N-ethyl adjacent to an activating group) is 2. The van der Waals surface area contributed by atoms with E-state index in [0.29, 0.717) is 4.99 Å².